The van der Waals surface area contributed by atoms with Gasteiger partial charge in [0, 0.05) is 30.0 Å². The fraction of sp³-hybridized carbons (Fsp3) is 0.417. The first kappa shape index (κ1) is 20.5. The minimum absolute atomic E-state index is 0.282. The first-order valence-corrected chi connectivity index (χ1v) is 11.2. The summed E-state index contributed by atoms with van der Waals surface area (Å²) in [6, 6.07) is 6.00. The summed E-state index contributed by atoms with van der Waals surface area (Å²) < 4.78 is 9.23. The van der Waals surface area contributed by atoms with E-state index < -0.39 is 0 Å². The normalized spacial score (nSPS) is 19.0. The van der Waals surface area contributed by atoms with Crippen LogP contribution in [-0.4, -0.2) is 37.4 Å². The number of hydrogen-bond acceptors (Lipinski definition) is 5. The molecule has 3 heterocycles. The van der Waals surface area contributed by atoms with Crippen LogP contribution in [0.5, 0.6) is 5.75 Å². The van der Waals surface area contributed by atoms with Crippen LogP contribution in [0.1, 0.15) is 55.9 Å². The Kier molecular flexibility index (Phi) is 5.28. The second-order valence-electron chi connectivity index (χ2n) is 8.93. The standard InChI is InChI=1S/C24H28N6O2/c1-15(2)16-5-7-18(8-6-16)30-14-17-11-21(22(32-3)12-20(17)28-30)27-24(31)19-13-26-29-10-4-9-25-23(19)29/h4,9-16,18H,5-8H2,1-3H3,(H,27,31). The largest absolute Gasteiger partial charge is 0.494 e. The second kappa shape index (κ2) is 8.26. The SMILES string of the molecule is COc1cc2nn(C3CCC(C(C)C)CC3)cc2cc1NC(=O)c1cnn2cccnc12. The number of ether oxygens (including phenoxy) is 1. The highest BCUT2D eigenvalue weighted by molar-refractivity contribution is 6.09. The van der Waals surface area contributed by atoms with Crippen LogP contribution in [0.3, 0.4) is 0 Å². The van der Waals surface area contributed by atoms with Gasteiger partial charge in [0.15, 0.2) is 5.65 Å². The van der Waals surface area contributed by atoms with Crippen LogP contribution < -0.4 is 10.1 Å². The maximum atomic E-state index is 13.0. The van der Waals surface area contributed by atoms with Crippen LogP contribution >= 0.6 is 0 Å². The first-order chi connectivity index (χ1) is 15.5. The smallest absolute Gasteiger partial charge is 0.261 e. The second-order valence-corrected chi connectivity index (χ2v) is 8.93. The molecule has 8 heteroatoms. The Morgan fingerprint density at radius 2 is 2.03 bits per heavy atom. The number of fused-ring (bicyclic) bond motifs is 2. The summed E-state index contributed by atoms with van der Waals surface area (Å²) in [5.41, 5.74) is 2.38. The van der Waals surface area contributed by atoms with Gasteiger partial charge in [-0.3, -0.25) is 9.48 Å². The summed E-state index contributed by atoms with van der Waals surface area (Å²) in [5.74, 6) is 1.85. The number of nitrogens with one attached hydrogen (secondary N) is 1. The van der Waals surface area contributed by atoms with Crippen LogP contribution in [0, 0.1) is 11.8 Å². The molecule has 1 saturated carbocycles. The average molecular weight is 433 g/mol. The summed E-state index contributed by atoms with van der Waals surface area (Å²) in [7, 11) is 1.60. The van der Waals surface area contributed by atoms with Crippen LogP contribution in [0.25, 0.3) is 16.6 Å². The topological polar surface area (TPSA) is 86.3 Å². The fourth-order valence-corrected chi connectivity index (χ4v) is 4.74. The number of nitrogens with zero attached hydrogens (tertiary/aromatic N) is 5. The molecular weight excluding hydrogens is 404 g/mol. The number of benzene rings is 1. The molecule has 4 aromatic rings. The molecule has 0 aliphatic heterocycles. The lowest BCUT2D eigenvalue weighted by Crippen LogP contribution is -2.21. The Balaban J connectivity index is 1.40. The first-order valence-electron chi connectivity index (χ1n) is 11.2. The highest BCUT2D eigenvalue weighted by Gasteiger charge is 2.25. The van der Waals surface area contributed by atoms with Crippen molar-refractivity contribution < 1.29 is 9.53 Å². The molecule has 0 unspecified atom stereocenters. The molecule has 8 nitrogen and oxygen atoms in total. The fourth-order valence-electron chi connectivity index (χ4n) is 4.74. The Hall–Kier alpha value is -3.42. The molecule has 5 rings (SSSR count). The molecule has 1 fully saturated rings. The van der Waals surface area contributed by atoms with Crippen LogP contribution in [0.2, 0.25) is 0 Å². The quantitative estimate of drug-likeness (QED) is 0.493. The summed E-state index contributed by atoms with van der Waals surface area (Å²) in [4.78, 5) is 17.2. The molecule has 1 amide bonds. The molecule has 3 aromatic heterocycles. The van der Waals surface area contributed by atoms with Crippen molar-refractivity contribution in [2.24, 2.45) is 11.8 Å². The molecule has 1 N–H and O–H groups in total. The zero-order valence-corrected chi connectivity index (χ0v) is 18.7. The van der Waals surface area contributed by atoms with Crippen LogP contribution in [-0.2, 0) is 0 Å². The minimum atomic E-state index is -0.282. The van der Waals surface area contributed by atoms with Crippen molar-refractivity contribution in [3.8, 4) is 5.75 Å². The van der Waals surface area contributed by atoms with Crippen LogP contribution in [0.15, 0.2) is 43.0 Å². The monoisotopic (exact) mass is 432 g/mol. The average Bonchev–Trinajstić information content (AvgIpc) is 3.42. The third-order valence-electron chi connectivity index (χ3n) is 6.67. The predicted octanol–water partition coefficient (Wildman–Crippen LogP) is 4.73. The molecule has 32 heavy (non-hydrogen) atoms. The zero-order valence-electron chi connectivity index (χ0n) is 18.7. The summed E-state index contributed by atoms with van der Waals surface area (Å²) in [6.45, 7) is 4.64. The van der Waals surface area contributed by atoms with E-state index in [0.29, 0.717) is 28.7 Å². The van der Waals surface area contributed by atoms with Gasteiger partial charge in [-0.2, -0.15) is 10.2 Å². The van der Waals surface area contributed by atoms with Crippen molar-refractivity contribution in [2.45, 2.75) is 45.6 Å². The number of methoxy groups -OCH3 is 1. The van der Waals surface area contributed by atoms with Gasteiger partial charge in [0.05, 0.1) is 30.6 Å². The molecule has 1 aliphatic carbocycles. The lowest BCUT2D eigenvalue weighted by atomic mass is 9.80. The zero-order chi connectivity index (χ0) is 22.2. The van der Waals surface area contributed by atoms with Gasteiger partial charge in [0.1, 0.15) is 11.3 Å². The van der Waals surface area contributed by atoms with E-state index >= 15 is 0 Å². The van der Waals surface area contributed by atoms with E-state index in [9.17, 15) is 4.79 Å². The minimum Gasteiger partial charge on any atom is -0.494 e. The van der Waals surface area contributed by atoms with Crippen molar-refractivity contribution in [2.75, 3.05) is 12.4 Å². The van der Waals surface area contributed by atoms with Crippen molar-refractivity contribution in [3.63, 3.8) is 0 Å². The Morgan fingerprint density at radius 1 is 1.22 bits per heavy atom. The number of hydrogen-bond donors (Lipinski definition) is 1. The van der Waals surface area contributed by atoms with E-state index in [4.69, 9.17) is 9.84 Å². The maximum absolute atomic E-state index is 13.0. The van der Waals surface area contributed by atoms with Crippen molar-refractivity contribution in [1.82, 2.24) is 24.4 Å². The van der Waals surface area contributed by atoms with E-state index in [1.165, 1.54) is 19.0 Å². The molecular formula is C24H28N6O2. The van der Waals surface area contributed by atoms with Crippen molar-refractivity contribution in [1.29, 1.82) is 0 Å². The maximum Gasteiger partial charge on any atom is 0.261 e. The van der Waals surface area contributed by atoms with Gasteiger partial charge < -0.3 is 10.1 Å². The van der Waals surface area contributed by atoms with E-state index in [0.717, 1.165) is 35.6 Å². The number of aromatic nitrogens is 5. The van der Waals surface area contributed by atoms with Gasteiger partial charge in [0.2, 0.25) is 0 Å². The van der Waals surface area contributed by atoms with Gasteiger partial charge in [-0.25, -0.2) is 9.50 Å². The van der Waals surface area contributed by atoms with Gasteiger partial charge in [0.25, 0.3) is 5.91 Å². The summed E-state index contributed by atoms with van der Waals surface area (Å²) in [5, 5.41) is 13.0. The molecule has 0 atom stereocenters. The van der Waals surface area contributed by atoms with Crippen molar-refractivity contribution in [3.05, 3.63) is 48.5 Å². The molecule has 1 aromatic carbocycles. The highest BCUT2D eigenvalue weighted by Crippen LogP contribution is 2.37. The highest BCUT2D eigenvalue weighted by atomic mass is 16.5. The number of carbonyl (C=O) groups is 1. The van der Waals surface area contributed by atoms with Crippen LogP contribution in [0.4, 0.5) is 5.69 Å². The van der Waals surface area contributed by atoms with Gasteiger partial charge in [-0.15, -0.1) is 0 Å². The van der Waals surface area contributed by atoms with E-state index in [-0.39, 0.29) is 5.91 Å². The molecule has 0 spiro atoms. The third kappa shape index (κ3) is 3.70. The molecule has 166 valence electrons. The number of carbonyl (C=O) groups excluding carboxylic acids is 1. The Morgan fingerprint density at radius 3 is 2.78 bits per heavy atom. The summed E-state index contributed by atoms with van der Waals surface area (Å²) in [6.07, 6.45) is 11.8. The molecule has 1 aliphatic rings. The number of anilines is 1. The Labute approximate surface area is 186 Å². The molecule has 0 radical (unpaired) electrons. The summed E-state index contributed by atoms with van der Waals surface area (Å²) >= 11 is 0. The Bertz CT molecular complexity index is 1270. The number of amides is 1. The molecule has 0 saturated heterocycles. The number of rotatable bonds is 5. The third-order valence-corrected chi connectivity index (χ3v) is 6.67. The lowest BCUT2D eigenvalue weighted by Gasteiger charge is -2.30. The molecule has 0 bridgehead atoms. The van der Waals surface area contributed by atoms with E-state index in [2.05, 4.69) is 40.1 Å². The van der Waals surface area contributed by atoms with Gasteiger partial charge in [-0.1, -0.05) is 13.8 Å². The lowest BCUT2D eigenvalue weighted by molar-refractivity contribution is 0.102. The van der Waals surface area contributed by atoms with E-state index in [1.54, 1.807) is 30.1 Å². The van der Waals surface area contributed by atoms with E-state index in [1.807, 2.05) is 12.1 Å². The van der Waals surface area contributed by atoms with Gasteiger partial charge >= 0.3 is 0 Å². The van der Waals surface area contributed by atoms with Gasteiger partial charge in [-0.05, 0) is 49.7 Å². The van der Waals surface area contributed by atoms with Crippen molar-refractivity contribution >= 4 is 28.1 Å². The predicted molar refractivity (Wildman–Crippen MR) is 123 cm³/mol.